The average Bonchev–Trinajstić information content (AvgIpc) is 2.97. The molecule has 0 radical (unpaired) electrons. The molecule has 1 aliphatic heterocycles. The van der Waals surface area contributed by atoms with Gasteiger partial charge in [0.15, 0.2) is 0 Å². The first-order valence-corrected chi connectivity index (χ1v) is 7.94. The highest BCUT2D eigenvalue weighted by Crippen LogP contribution is 2.32. The summed E-state index contributed by atoms with van der Waals surface area (Å²) < 4.78 is 13.6. The van der Waals surface area contributed by atoms with Gasteiger partial charge < -0.3 is 5.32 Å². The number of nitrogens with zero attached hydrogens (tertiary/aromatic N) is 1. The standard InChI is InChI=1S/C18H16ClFN2O2/c1-21-18(24)16-10-12-4-2-3-5-15(12)22(16)17(23)9-11-6-7-13(19)14(20)8-11/h2-8,16H,9-10H2,1H3,(H,21,24)/t16-/m1/s1. The van der Waals surface area contributed by atoms with Crippen molar-refractivity contribution in [2.45, 2.75) is 18.9 Å². The molecule has 24 heavy (non-hydrogen) atoms. The van der Waals surface area contributed by atoms with Crippen molar-refractivity contribution in [2.75, 3.05) is 11.9 Å². The summed E-state index contributed by atoms with van der Waals surface area (Å²) in [5, 5.41) is 2.61. The maximum Gasteiger partial charge on any atom is 0.243 e. The van der Waals surface area contributed by atoms with E-state index in [2.05, 4.69) is 5.32 Å². The molecule has 6 heteroatoms. The van der Waals surface area contributed by atoms with Gasteiger partial charge in [-0.2, -0.15) is 0 Å². The molecule has 1 heterocycles. The first kappa shape index (κ1) is 16.5. The van der Waals surface area contributed by atoms with Crippen LogP contribution in [0.15, 0.2) is 42.5 Å². The second-order valence-electron chi connectivity index (χ2n) is 5.65. The van der Waals surface area contributed by atoms with Crippen molar-refractivity contribution >= 4 is 29.1 Å². The lowest BCUT2D eigenvalue weighted by Gasteiger charge is -2.24. The van der Waals surface area contributed by atoms with Crippen LogP contribution >= 0.6 is 11.6 Å². The number of para-hydroxylation sites is 1. The molecule has 1 N–H and O–H groups in total. The normalized spacial score (nSPS) is 16.0. The summed E-state index contributed by atoms with van der Waals surface area (Å²) in [6, 6.07) is 11.1. The van der Waals surface area contributed by atoms with Crippen molar-refractivity contribution < 1.29 is 14.0 Å². The van der Waals surface area contributed by atoms with Crippen LogP contribution in [0.1, 0.15) is 11.1 Å². The van der Waals surface area contributed by atoms with Gasteiger partial charge in [-0.15, -0.1) is 0 Å². The van der Waals surface area contributed by atoms with Crippen LogP contribution in [0, 0.1) is 5.82 Å². The van der Waals surface area contributed by atoms with Crippen molar-refractivity contribution in [1.29, 1.82) is 0 Å². The zero-order valence-corrected chi connectivity index (χ0v) is 13.8. The van der Waals surface area contributed by atoms with Crippen LogP contribution in [0.25, 0.3) is 0 Å². The summed E-state index contributed by atoms with van der Waals surface area (Å²) in [5.74, 6) is -1.04. The maximum absolute atomic E-state index is 13.6. The van der Waals surface area contributed by atoms with E-state index in [4.69, 9.17) is 11.6 Å². The number of nitrogens with one attached hydrogen (secondary N) is 1. The van der Waals surface area contributed by atoms with Crippen LogP contribution in [-0.4, -0.2) is 24.9 Å². The molecule has 1 aliphatic rings. The molecule has 0 spiro atoms. The summed E-state index contributed by atoms with van der Waals surface area (Å²) >= 11 is 5.67. The van der Waals surface area contributed by atoms with E-state index < -0.39 is 11.9 Å². The third-order valence-electron chi connectivity index (χ3n) is 4.13. The minimum absolute atomic E-state index is 0.00405. The van der Waals surface area contributed by atoms with Gasteiger partial charge in [0, 0.05) is 19.2 Å². The number of hydrogen-bond acceptors (Lipinski definition) is 2. The molecule has 0 saturated carbocycles. The highest BCUT2D eigenvalue weighted by Gasteiger charge is 2.37. The van der Waals surface area contributed by atoms with Crippen LogP contribution in [-0.2, 0) is 22.4 Å². The van der Waals surface area contributed by atoms with E-state index >= 15 is 0 Å². The van der Waals surface area contributed by atoms with Gasteiger partial charge in [0.2, 0.25) is 11.8 Å². The zero-order chi connectivity index (χ0) is 17.3. The minimum Gasteiger partial charge on any atom is -0.357 e. The molecule has 124 valence electrons. The third kappa shape index (κ3) is 2.99. The van der Waals surface area contributed by atoms with Gasteiger partial charge in [-0.1, -0.05) is 35.9 Å². The highest BCUT2D eigenvalue weighted by atomic mass is 35.5. The zero-order valence-electron chi connectivity index (χ0n) is 13.1. The molecular weight excluding hydrogens is 331 g/mol. The summed E-state index contributed by atoms with van der Waals surface area (Å²) in [7, 11) is 1.54. The van der Waals surface area contributed by atoms with E-state index in [0.29, 0.717) is 12.0 Å². The number of hydrogen-bond donors (Lipinski definition) is 1. The van der Waals surface area contributed by atoms with Gasteiger partial charge >= 0.3 is 0 Å². The number of halogens is 2. The molecule has 0 fully saturated rings. The van der Waals surface area contributed by atoms with E-state index in [1.165, 1.54) is 17.0 Å². The Morgan fingerprint density at radius 3 is 2.75 bits per heavy atom. The predicted molar refractivity (Wildman–Crippen MR) is 90.6 cm³/mol. The predicted octanol–water partition coefficient (Wildman–Crippen LogP) is 2.73. The van der Waals surface area contributed by atoms with Crippen LogP contribution in [0.5, 0.6) is 0 Å². The Morgan fingerprint density at radius 1 is 1.29 bits per heavy atom. The molecule has 4 nitrogen and oxygen atoms in total. The summed E-state index contributed by atoms with van der Waals surface area (Å²) in [5.41, 5.74) is 2.19. The average molecular weight is 347 g/mol. The summed E-state index contributed by atoms with van der Waals surface area (Å²) in [6.07, 6.45) is 0.465. The smallest absolute Gasteiger partial charge is 0.243 e. The number of benzene rings is 2. The molecule has 0 bridgehead atoms. The molecular formula is C18H16ClFN2O2. The van der Waals surface area contributed by atoms with Crippen molar-refractivity contribution in [3.05, 3.63) is 64.4 Å². The van der Waals surface area contributed by atoms with E-state index in [9.17, 15) is 14.0 Å². The number of carbonyl (C=O) groups is 2. The lowest BCUT2D eigenvalue weighted by Crippen LogP contribution is -2.47. The van der Waals surface area contributed by atoms with E-state index in [0.717, 1.165) is 11.3 Å². The second-order valence-corrected chi connectivity index (χ2v) is 6.06. The largest absolute Gasteiger partial charge is 0.357 e. The first-order valence-electron chi connectivity index (χ1n) is 7.56. The SMILES string of the molecule is CNC(=O)[C@H]1Cc2ccccc2N1C(=O)Cc1ccc(Cl)c(F)c1. The minimum atomic E-state index is -0.586. The second kappa shape index (κ2) is 6.61. The fourth-order valence-electron chi connectivity index (χ4n) is 2.98. The molecule has 0 unspecified atom stereocenters. The molecule has 0 aromatic heterocycles. The Kier molecular flexibility index (Phi) is 4.53. The fourth-order valence-corrected chi connectivity index (χ4v) is 3.10. The van der Waals surface area contributed by atoms with Gasteiger partial charge in [-0.25, -0.2) is 4.39 Å². The Labute approximate surface area is 144 Å². The number of rotatable bonds is 3. The Hall–Kier alpha value is -2.40. The van der Waals surface area contributed by atoms with Gasteiger partial charge in [-0.3, -0.25) is 14.5 Å². The van der Waals surface area contributed by atoms with Crippen molar-refractivity contribution in [1.82, 2.24) is 5.32 Å². The van der Waals surface area contributed by atoms with Gasteiger partial charge in [0.25, 0.3) is 0 Å². The van der Waals surface area contributed by atoms with E-state index in [1.807, 2.05) is 24.3 Å². The topological polar surface area (TPSA) is 49.4 Å². The molecule has 2 amide bonds. The highest BCUT2D eigenvalue weighted by molar-refractivity contribution is 6.30. The molecule has 0 saturated heterocycles. The quantitative estimate of drug-likeness (QED) is 0.929. The fraction of sp³-hybridized carbons (Fsp3) is 0.222. The number of likely N-dealkylation sites (N-methyl/N-ethyl adjacent to an activating group) is 1. The number of anilines is 1. The summed E-state index contributed by atoms with van der Waals surface area (Å²) in [6.45, 7) is 0. The number of fused-ring (bicyclic) bond motifs is 1. The van der Waals surface area contributed by atoms with Crippen LogP contribution < -0.4 is 10.2 Å². The third-order valence-corrected chi connectivity index (χ3v) is 4.44. The van der Waals surface area contributed by atoms with Gasteiger partial charge in [0.05, 0.1) is 11.4 Å². The Bertz CT molecular complexity index is 809. The van der Waals surface area contributed by atoms with Crippen molar-refractivity contribution in [3.8, 4) is 0 Å². The molecule has 2 aromatic carbocycles. The van der Waals surface area contributed by atoms with Gasteiger partial charge in [0.1, 0.15) is 11.9 Å². The summed E-state index contributed by atoms with van der Waals surface area (Å²) in [4.78, 5) is 26.5. The Balaban J connectivity index is 1.90. The molecule has 3 rings (SSSR count). The lowest BCUT2D eigenvalue weighted by atomic mass is 10.1. The van der Waals surface area contributed by atoms with E-state index in [-0.39, 0.29) is 23.3 Å². The first-order chi connectivity index (χ1) is 11.5. The van der Waals surface area contributed by atoms with Crippen molar-refractivity contribution in [3.63, 3.8) is 0 Å². The molecule has 2 aromatic rings. The Morgan fingerprint density at radius 2 is 2.04 bits per heavy atom. The monoisotopic (exact) mass is 346 g/mol. The molecule has 0 aliphatic carbocycles. The van der Waals surface area contributed by atoms with Crippen LogP contribution in [0.4, 0.5) is 10.1 Å². The maximum atomic E-state index is 13.6. The number of carbonyl (C=O) groups excluding carboxylic acids is 2. The van der Waals surface area contributed by atoms with Crippen LogP contribution in [0.3, 0.4) is 0 Å². The molecule has 1 atom stereocenters. The van der Waals surface area contributed by atoms with Gasteiger partial charge in [-0.05, 0) is 29.3 Å². The van der Waals surface area contributed by atoms with Crippen molar-refractivity contribution in [2.24, 2.45) is 0 Å². The number of amides is 2. The lowest BCUT2D eigenvalue weighted by molar-refractivity contribution is -0.125. The van der Waals surface area contributed by atoms with Crippen LogP contribution in [0.2, 0.25) is 5.02 Å². The van der Waals surface area contributed by atoms with E-state index in [1.54, 1.807) is 13.1 Å².